The molecule has 1 fully saturated rings. The summed E-state index contributed by atoms with van der Waals surface area (Å²) in [5, 5.41) is 3.68. The lowest BCUT2D eigenvalue weighted by atomic mass is 10.1. The summed E-state index contributed by atoms with van der Waals surface area (Å²) in [6, 6.07) is 17.8. The fourth-order valence-corrected chi connectivity index (χ4v) is 5.42. The van der Waals surface area contributed by atoms with Crippen LogP contribution in [0.4, 0.5) is 4.39 Å². The third-order valence-electron chi connectivity index (χ3n) is 6.58. The summed E-state index contributed by atoms with van der Waals surface area (Å²) in [4.78, 5) is 43.9. The second-order valence-corrected chi connectivity index (χ2v) is 10.2. The number of nitrogens with one attached hydrogen (secondary N) is 1. The number of rotatable bonds is 7. The Bertz CT molecular complexity index is 1530. The first kappa shape index (κ1) is 24.9. The van der Waals surface area contributed by atoms with Crippen molar-refractivity contribution in [1.82, 2.24) is 14.9 Å². The summed E-state index contributed by atoms with van der Waals surface area (Å²) in [5.74, 6) is -0.659. The molecule has 0 spiro atoms. The third kappa shape index (κ3) is 5.49. The first-order valence-corrected chi connectivity index (χ1v) is 13.2. The molecule has 4 aromatic rings. The maximum atomic E-state index is 13.6. The van der Waals surface area contributed by atoms with Gasteiger partial charge < -0.3 is 5.32 Å². The molecule has 0 aliphatic heterocycles. The molecule has 1 saturated carbocycles. The van der Waals surface area contributed by atoms with Gasteiger partial charge in [0.05, 0.1) is 22.3 Å². The van der Waals surface area contributed by atoms with E-state index in [4.69, 9.17) is 0 Å². The third-order valence-corrected chi connectivity index (χ3v) is 7.52. The normalized spacial score (nSPS) is 13.7. The van der Waals surface area contributed by atoms with Crippen LogP contribution < -0.4 is 10.9 Å². The minimum Gasteiger partial charge on any atom is -0.349 e. The van der Waals surface area contributed by atoms with Crippen molar-refractivity contribution in [2.24, 2.45) is 0 Å². The van der Waals surface area contributed by atoms with E-state index in [1.165, 1.54) is 28.8 Å². The van der Waals surface area contributed by atoms with Crippen LogP contribution in [0, 0.1) is 12.7 Å². The largest absolute Gasteiger partial charge is 0.349 e. The molecular formula is C29H26FN3O3S. The molecule has 1 N–H and O–H groups in total. The zero-order valence-electron chi connectivity index (χ0n) is 20.4. The molecule has 1 aromatic heterocycles. The highest BCUT2D eigenvalue weighted by Gasteiger charge is 2.20. The molecule has 6 nitrogen and oxygen atoms in total. The summed E-state index contributed by atoms with van der Waals surface area (Å²) in [7, 11) is 0. The molecule has 1 heterocycles. The minimum atomic E-state index is -0.424. The van der Waals surface area contributed by atoms with Crippen LogP contribution in [0.1, 0.15) is 52.0 Å². The Morgan fingerprint density at radius 3 is 2.38 bits per heavy atom. The lowest BCUT2D eigenvalue weighted by Crippen LogP contribution is -2.32. The van der Waals surface area contributed by atoms with E-state index in [9.17, 15) is 18.8 Å². The van der Waals surface area contributed by atoms with Crippen molar-refractivity contribution in [1.29, 1.82) is 0 Å². The number of carbonyl (C=O) groups excluding carboxylic acids is 2. The topological polar surface area (TPSA) is 81.1 Å². The smallest absolute Gasteiger partial charge is 0.266 e. The van der Waals surface area contributed by atoms with Crippen LogP contribution in [0.3, 0.4) is 0 Å². The van der Waals surface area contributed by atoms with Gasteiger partial charge in [0.25, 0.3) is 11.5 Å². The van der Waals surface area contributed by atoms with Gasteiger partial charge in [-0.15, -0.1) is 0 Å². The molecular weight excluding hydrogens is 489 g/mol. The van der Waals surface area contributed by atoms with Crippen LogP contribution in [-0.4, -0.2) is 33.0 Å². The van der Waals surface area contributed by atoms with Gasteiger partial charge in [0, 0.05) is 17.2 Å². The van der Waals surface area contributed by atoms with E-state index in [-0.39, 0.29) is 34.2 Å². The average Bonchev–Trinajstić information content (AvgIpc) is 3.41. The summed E-state index contributed by atoms with van der Waals surface area (Å²) < 4.78 is 15.0. The highest BCUT2D eigenvalue weighted by Crippen LogP contribution is 2.24. The van der Waals surface area contributed by atoms with E-state index in [0.29, 0.717) is 27.7 Å². The lowest BCUT2D eigenvalue weighted by molar-refractivity contribution is 0.0937. The van der Waals surface area contributed by atoms with Gasteiger partial charge in [-0.05, 0) is 62.2 Å². The SMILES string of the molecule is Cc1ccc(C(=O)CSc2nc3cc(C(=O)NC4CCCC4)ccc3c(=O)n2-c2ccc(F)cc2)cc1. The van der Waals surface area contributed by atoms with Crippen molar-refractivity contribution < 1.29 is 14.0 Å². The van der Waals surface area contributed by atoms with Crippen LogP contribution in [0.15, 0.2) is 76.7 Å². The van der Waals surface area contributed by atoms with Crippen LogP contribution in [0.5, 0.6) is 0 Å². The predicted molar refractivity (Wildman–Crippen MR) is 143 cm³/mol. The fourth-order valence-electron chi connectivity index (χ4n) is 4.51. The average molecular weight is 516 g/mol. The Balaban J connectivity index is 1.52. The maximum absolute atomic E-state index is 13.6. The minimum absolute atomic E-state index is 0.0596. The molecule has 188 valence electrons. The molecule has 1 amide bonds. The number of nitrogens with zero attached hydrogens (tertiary/aromatic N) is 2. The standard InChI is InChI=1S/C29H26FN3O3S/c1-18-6-8-19(9-7-18)26(34)17-37-29-32-25-16-20(27(35)31-22-4-2-3-5-22)10-15-24(25)28(36)33(29)23-13-11-21(30)12-14-23/h6-16,22H,2-5,17H2,1H3,(H,31,35). The maximum Gasteiger partial charge on any atom is 0.266 e. The Kier molecular flexibility index (Phi) is 7.19. The molecule has 8 heteroatoms. The van der Waals surface area contributed by atoms with Gasteiger partial charge in [-0.1, -0.05) is 54.4 Å². The number of aromatic nitrogens is 2. The van der Waals surface area contributed by atoms with Crippen molar-refractivity contribution >= 4 is 34.4 Å². The van der Waals surface area contributed by atoms with Gasteiger partial charge in [0.15, 0.2) is 10.9 Å². The van der Waals surface area contributed by atoms with E-state index >= 15 is 0 Å². The number of carbonyl (C=O) groups is 2. The van der Waals surface area contributed by atoms with Gasteiger partial charge >= 0.3 is 0 Å². The van der Waals surface area contributed by atoms with Gasteiger partial charge in [-0.25, -0.2) is 9.37 Å². The number of benzene rings is 3. The van der Waals surface area contributed by atoms with E-state index in [2.05, 4.69) is 10.3 Å². The van der Waals surface area contributed by atoms with E-state index in [1.54, 1.807) is 30.3 Å². The predicted octanol–water partition coefficient (Wildman–Crippen LogP) is 5.48. The number of fused-ring (bicyclic) bond motifs is 1. The molecule has 0 saturated heterocycles. The fraction of sp³-hybridized carbons (Fsp3) is 0.241. The van der Waals surface area contributed by atoms with E-state index in [1.807, 2.05) is 19.1 Å². The van der Waals surface area contributed by atoms with E-state index < -0.39 is 5.82 Å². The first-order valence-electron chi connectivity index (χ1n) is 12.3. The van der Waals surface area contributed by atoms with E-state index in [0.717, 1.165) is 43.0 Å². The van der Waals surface area contributed by atoms with Crippen LogP contribution >= 0.6 is 11.8 Å². The molecule has 0 radical (unpaired) electrons. The molecule has 0 atom stereocenters. The summed E-state index contributed by atoms with van der Waals surface area (Å²) >= 11 is 1.13. The van der Waals surface area contributed by atoms with Crippen molar-refractivity contribution in [3.63, 3.8) is 0 Å². The molecule has 5 rings (SSSR count). The molecule has 1 aliphatic carbocycles. The molecule has 3 aromatic carbocycles. The highest BCUT2D eigenvalue weighted by molar-refractivity contribution is 7.99. The van der Waals surface area contributed by atoms with Crippen molar-refractivity contribution in [3.8, 4) is 5.69 Å². The van der Waals surface area contributed by atoms with Gasteiger partial charge in [-0.3, -0.25) is 19.0 Å². The Labute approximate surface area is 217 Å². The first-order chi connectivity index (χ1) is 17.9. The molecule has 1 aliphatic rings. The summed E-state index contributed by atoms with van der Waals surface area (Å²) in [5.41, 5.74) is 2.50. The second-order valence-electron chi connectivity index (χ2n) is 9.28. The Hall–Kier alpha value is -3.78. The number of aryl methyl sites for hydroxylation is 1. The van der Waals surface area contributed by atoms with Crippen LogP contribution in [-0.2, 0) is 0 Å². The zero-order chi connectivity index (χ0) is 25.9. The number of amides is 1. The number of thioether (sulfide) groups is 1. The van der Waals surface area contributed by atoms with Crippen molar-refractivity contribution in [2.45, 2.75) is 43.8 Å². The number of Topliss-reactive ketones (excluding diaryl/α,β-unsaturated/α-hetero) is 1. The van der Waals surface area contributed by atoms with Gasteiger partial charge in [-0.2, -0.15) is 0 Å². The second kappa shape index (κ2) is 10.7. The van der Waals surface area contributed by atoms with Gasteiger partial charge in [0.1, 0.15) is 5.82 Å². The summed E-state index contributed by atoms with van der Waals surface area (Å²) in [6.07, 6.45) is 4.15. The highest BCUT2D eigenvalue weighted by atomic mass is 32.2. The molecule has 37 heavy (non-hydrogen) atoms. The summed E-state index contributed by atoms with van der Waals surface area (Å²) in [6.45, 7) is 1.95. The van der Waals surface area contributed by atoms with Crippen LogP contribution in [0.25, 0.3) is 16.6 Å². The monoisotopic (exact) mass is 515 g/mol. The number of halogens is 1. The van der Waals surface area contributed by atoms with Crippen molar-refractivity contribution in [2.75, 3.05) is 5.75 Å². The molecule has 0 bridgehead atoms. The molecule has 0 unspecified atom stereocenters. The number of hydrogen-bond acceptors (Lipinski definition) is 5. The number of ketones is 1. The van der Waals surface area contributed by atoms with Gasteiger partial charge in [0.2, 0.25) is 0 Å². The quantitative estimate of drug-likeness (QED) is 0.200. The number of hydrogen-bond donors (Lipinski definition) is 1. The van der Waals surface area contributed by atoms with Crippen LogP contribution in [0.2, 0.25) is 0 Å². The lowest BCUT2D eigenvalue weighted by Gasteiger charge is -2.15. The van der Waals surface area contributed by atoms with Crippen molar-refractivity contribution in [3.05, 3.63) is 99.6 Å². The Morgan fingerprint density at radius 2 is 1.68 bits per heavy atom. The Morgan fingerprint density at radius 1 is 1.00 bits per heavy atom. The zero-order valence-corrected chi connectivity index (χ0v) is 21.2.